The lowest BCUT2D eigenvalue weighted by Crippen LogP contribution is -2.30. The maximum absolute atomic E-state index is 12.1. The summed E-state index contributed by atoms with van der Waals surface area (Å²) in [5.74, 6) is 0.0181. The van der Waals surface area contributed by atoms with Crippen LogP contribution in [0.4, 0.5) is 0 Å². The highest BCUT2D eigenvalue weighted by Gasteiger charge is 2.11. The van der Waals surface area contributed by atoms with E-state index in [0.29, 0.717) is 25.1 Å². The molecule has 1 heterocycles. The van der Waals surface area contributed by atoms with Gasteiger partial charge in [0.1, 0.15) is 5.75 Å². The molecule has 1 aromatic heterocycles. The molecule has 6 nitrogen and oxygen atoms in total. The molecule has 1 amide bonds. The number of benzene rings is 2. The van der Waals surface area contributed by atoms with Crippen LogP contribution in [0.2, 0.25) is 0 Å². The Morgan fingerprint density at radius 1 is 1.14 bits per heavy atom. The summed E-state index contributed by atoms with van der Waals surface area (Å²) in [6, 6.07) is 9.28. The molecule has 0 saturated heterocycles. The molecule has 0 atom stereocenters. The van der Waals surface area contributed by atoms with E-state index in [-0.39, 0.29) is 12.5 Å². The Balaban J connectivity index is 1.36. The van der Waals surface area contributed by atoms with E-state index >= 15 is 0 Å². The van der Waals surface area contributed by atoms with Crippen LogP contribution < -0.4 is 10.1 Å². The van der Waals surface area contributed by atoms with Crippen LogP contribution in [0.15, 0.2) is 35.8 Å². The molecule has 3 aromatic rings. The maximum atomic E-state index is 12.1. The highest BCUT2D eigenvalue weighted by molar-refractivity contribution is 7.16. The van der Waals surface area contributed by atoms with Gasteiger partial charge in [-0.1, -0.05) is 6.07 Å². The lowest BCUT2D eigenvalue weighted by Gasteiger charge is -2.12. The number of thiazole rings is 1. The summed E-state index contributed by atoms with van der Waals surface area (Å²) >= 11 is 1.45. The first kappa shape index (κ1) is 20.8. The van der Waals surface area contributed by atoms with Crippen LogP contribution in [-0.2, 0) is 9.53 Å². The van der Waals surface area contributed by atoms with Crippen LogP contribution in [0.3, 0.4) is 0 Å². The fraction of sp³-hybridized carbons (Fsp3) is 0.318. The Hall–Kier alpha value is -2.93. The number of amides is 1. The lowest BCUT2D eigenvalue weighted by atomic mass is 10.1. The second-order valence-electron chi connectivity index (χ2n) is 6.87. The first-order chi connectivity index (χ1) is 13.9. The summed E-state index contributed by atoms with van der Waals surface area (Å²) < 4.78 is 11.8. The number of esters is 1. The Labute approximate surface area is 173 Å². The molecule has 2 aromatic carbocycles. The highest BCUT2D eigenvalue weighted by Crippen LogP contribution is 2.23. The number of rotatable bonds is 8. The minimum atomic E-state index is -0.524. The summed E-state index contributed by atoms with van der Waals surface area (Å²) in [4.78, 5) is 28.2. The summed E-state index contributed by atoms with van der Waals surface area (Å²) in [7, 11) is 0. The van der Waals surface area contributed by atoms with E-state index < -0.39 is 5.97 Å². The van der Waals surface area contributed by atoms with Gasteiger partial charge in [0.15, 0.2) is 6.61 Å². The van der Waals surface area contributed by atoms with Crippen LogP contribution in [0.5, 0.6) is 5.75 Å². The van der Waals surface area contributed by atoms with Crippen LogP contribution in [0.1, 0.15) is 33.5 Å². The van der Waals surface area contributed by atoms with E-state index in [1.54, 1.807) is 23.7 Å². The summed E-state index contributed by atoms with van der Waals surface area (Å²) in [5, 5.41) is 2.73. The van der Waals surface area contributed by atoms with Crippen LogP contribution >= 0.6 is 11.3 Å². The number of aryl methyl sites for hydroxylation is 2. The Bertz CT molecular complexity index is 1030. The van der Waals surface area contributed by atoms with E-state index in [4.69, 9.17) is 9.47 Å². The molecule has 0 aliphatic carbocycles. The molecule has 29 heavy (non-hydrogen) atoms. The van der Waals surface area contributed by atoms with Gasteiger partial charge >= 0.3 is 5.97 Å². The minimum Gasteiger partial charge on any atom is -0.493 e. The molecule has 3 rings (SSSR count). The topological polar surface area (TPSA) is 77.5 Å². The molecule has 0 bridgehead atoms. The predicted octanol–water partition coefficient (Wildman–Crippen LogP) is 3.96. The van der Waals surface area contributed by atoms with Crippen molar-refractivity contribution in [2.75, 3.05) is 19.8 Å². The number of aromatic nitrogens is 1. The summed E-state index contributed by atoms with van der Waals surface area (Å²) in [6.45, 7) is 6.78. The molecule has 0 spiro atoms. The second kappa shape index (κ2) is 9.52. The van der Waals surface area contributed by atoms with Gasteiger partial charge in [-0.15, -0.1) is 11.3 Å². The third-order valence-corrected chi connectivity index (χ3v) is 5.36. The number of carbonyl (C=O) groups is 2. The number of fused-ring (bicyclic) bond motifs is 1. The van der Waals surface area contributed by atoms with Gasteiger partial charge in [-0.25, -0.2) is 9.78 Å². The molecule has 7 heteroatoms. The minimum absolute atomic E-state index is 0.309. The number of nitrogens with zero attached hydrogens (tertiary/aromatic N) is 1. The van der Waals surface area contributed by atoms with Crippen molar-refractivity contribution < 1.29 is 19.1 Å². The summed E-state index contributed by atoms with van der Waals surface area (Å²) in [5.41, 5.74) is 6.45. The Morgan fingerprint density at radius 3 is 2.79 bits per heavy atom. The number of ether oxygens (including phenoxy) is 2. The zero-order valence-corrected chi connectivity index (χ0v) is 17.6. The summed E-state index contributed by atoms with van der Waals surface area (Å²) in [6.07, 6.45) is 0.661. The number of nitrogens with one attached hydrogen (secondary N) is 1. The van der Waals surface area contributed by atoms with Crippen molar-refractivity contribution in [3.8, 4) is 5.75 Å². The van der Waals surface area contributed by atoms with Gasteiger partial charge in [0, 0.05) is 6.54 Å². The quantitative estimate of drug-likeness (QED) is 0.448. The molecule has 0 fully saturated rings. The van der Waals surface area contributed by atoms with Crippen molar-refractivity contribution in [1.82, 2.24) is 10.3 Å². The van der Waals surface area contributed by atoms with E-state index in [1.165, 1.54) is 16.9 Å². The van der Waals surface area contributed by atoms with E-state index in [1.807, 2.05) is 19.9 Å². The number of hydrogen-bond acceptors (Lipinski definition) is 6. The normalized spacial score (nSPS) is 10.7. The Morgan fingerprint density at radius 2 is 1.97 bits per heavy atom. The zero-order chi connectivity index (χ0) is 20.8. The standard InChI is InChI=1S/C22H24N2O4S/c1-14-9-15(2)16(3)19(10-14)27-8-4-7-23-21(25)12-28-22(26)17-5-6-18-20(11-17)29-13-24-18/h5-6,9-11,13H,4,7-8,12H2,1-3H3,(H,23,25). The fourth-order valence-corrected chi connectivity index (χ4v) is 3.60. The maximum Gasteiger partial charge on any atom is 0.338 e. The second-order valence-corrected chi connectivity index (χ2v) is 7.75. The first-order valence-corrected chi connectivity index (χ1v) is 10.3. The molecule has 0 radical (unpaired) electrons. The van der Waals surface area contributed by atoms with Crippen molar-refractivity contribution in [2.45, 2.75) is 27.2 Å². The van der Waals surface area contributed by atoms with Gasteiger partial charge in [-0.3, -0.25) is 4.79 Å². The molecular formula is C22H24N2O4S. The third kappa shape index (κ3) is 5.54. The van der Waals surface area contributed by atoms with E-state index in [2.05, 4.69) is 23.3 Å². The number of carbonyl (C=O) groups excluding carboxylic acids is 2. The predicted molar refractivity (Wildman–Crippen MR) is 114 cm³/mol. The van der Waals surface area contributed by atoms with Crippen molar-refractivity contribution in [3.63, 3.8) is 0 Å². The number of hydrogen-bond donors (Lipinski definition) is 1. The smallest absolute Gasteiger partial charge is 0.338 e. The van der Waals surface area contributed by atoms with Crippen LogP contribution in [0.25, 0.3) is 10.2 Å². The first-order valence-electron chi connectivity index (χ1n) is 9.42. The molecule has 152 valence electrons. The lowest BCUT2D eigenvalue weighted by molar-refractivity contribution is -0.124. The van der Waals surface area contributed by atoms with Gasteiger partial charge in [-0.05, 0) is 68.1 Å². The van der Waals surface area contributed by atoms with E-state index in [0.717, 1.165) is 27.1 Å². The molecule has 0 aliphatic heterocycles. The molecule has 1 N–H and O–H groups in total. The van der Waals surface area contributed by atoms with Crippen molar-refractivity contribution in [3.05, 3.63) is 58.1 Å². The third-order valence-electron chi connectivity index (χ3n) is 4.57. The van der Waals surface area contributed by atoms with Crippen molar-refractivity contribution >= 4 is 33.4 Å². The molecule has 0 saturated carbocycles. The fourth-order valence-electron chi connectivity index (χ4n) is 2.88. The van der Waals surface area contributed by atoms with Crippen molar-refractivity contribution in [1.29, 1.82) is 0 Å². The monoisotopic (exact) mass is 412 g/mol. The van der Waals surface area contributed by atoms with Gasteiger partial charge in [-0.2, -0.15) is 0 Å². The highest BCUT2D eigenvalue weighted by atomic mass is 32.1. The molecule has 0 unspecified atom stereocenters. The van der Waals surface area contributed by atoms with Gasteiger partial charge < -0.3 is 14.8 Å². The van der Waals surface area contributed by atoms with Crippen LogP contribution in [0, 0.1) is 20.8 Å². The zero-order valence-electron chi connectivity index (χ0n) is 16.8. The molecule has 0 aliphatic rings. The molecular weight excluding hydrogens is 388 g/mol. The Kier molecular flexibility index (Phi) is 6.82. The van der Waals surface area contributed by atoms with Gasteiger partial charge in [0.25, 0.3) is 5.91 Å². The van der Waals surface area contributed by atoms with Gasteiger partial charge in [0.05, 0.1) is 27.9 Å². The average molecular weight is 413 g/mol. The van der Waals surface area contributed by atoms with E-state index in [9.17, 15) is 9.59 Å². The SMILES string of the molecule is Cc1cc(C)c(C)c(OCCCNC(=O)COC(=O)c2ccc3ncsc3c2)c1. The van der Waals surface area contributed by atoms with Crippen molar-refractivity contribution in [2.24, 2.45) is 0 Å². The average Bonchev–Trinajstić information content (AvgIpc) is 3.17. The largest absolute Gasteiger partial charge is 0.493 e. The van der Waals surface area contributed by atoms with Crippen LogP contribution in [-0.4, -0.2) is 36.6 Å². The van der Waals surface area contributed by atoms with Gasteiger partial charge in [0.2, 0.25) is 0 Å².